The molecule has 36 heavy (non-hydrogen) atoms. The standard InChI is InChI=1S/C21H12F6N4O2S.C2H6/c22-20(23,24)18-8-2-13-11-31(17-9-12(10-28)1-7-16(17)29-19(13)30-18)34(32)15-5-3-14(4-6-15)33-21(25,26)27;1-2/h1-9H,11H2,(H,29,30);1-2H3. The van der Waals surface area contributed by atoms with Crippen molar-refractivity contribution in [1.82, 2.24) is 4.98 Å². The minimum Gasteiger partial charge on any atom is -0.406 e. The van der Waals surface area contributed by atoms with E-state index in [1.54, 1.807) is 0 Å². The van der Waals surface area contributed by atoms with Gasteiger partial charge in [-0.25, -0.2) is 9.19 Å². The molecule has 1 unspecified atom stereocenters. The molecule has 1 atom stereocenters. The topological polar surface area (TPSA) is 78.2 Å². The molecule has 0 saturated carbocycles. The summed E-state index contributed by atoms with van der Waals surface area (Å²) in [6, 6.07) is 12.5. The number of aromatic nitrogens is 1. The number of ether oxygens (including phenoxy) is 1. The first-order chi connectivity index (χ1) is 16.9. The van der Waals surface area contributed by atoms with Crippen LogP contribution in [0.4, 0.5) is 43.5 Å². The summed E-state index contributed by atoms with van der Waals surface area (Å²) in [5, 5.41) is 12.1. The molecule has 0 amide bonds. The van der Waals surface area contributed by atoms with Gasteiger partial charge in [0.05, 0.1) is 34.4 Å². The number of nitriles is 1. The molecule has 1 N–H and O–H groups in total. The predicted molar refractivity (Wildman–Crippen MR) is 121 cm³/mol. The molecule has 3 aromatic rings. The number of hydrogen-bond acceptors (Lipinski definition) is 5. The van der Waals surface area contributed by atoms with Crippen molar-refractivity contribution in [2.75, 3.05) is 9.62 Å². The van der Waals surface area contributed by atoms with E-state index in [1.165, 1.54) is 40.7 Å². The zero-order valence-corrected chi connectivity index (χ0v) is 19.6. The van der Waals surface area contributed by atoms with E-state index in [0.29, 0.717) is 0 Å². The van der Waals surface area contributed by atoms with Crippen LogP contribution in [0, 0.1) is 11.3 Å². The van der Waals surface area contributed by atoms with E-state index in [0.717, 1.165) is 18.2 Å². The average molecular weight is 528 g/mol. The van der Waals surface area contributed by atoms with Crippen molar-refractivity contribution in [3.05, 3.63) is 71.4 Å². The Morgan fingerprint density at radius 2 is 1.69 bits per heavy atom. The van der Waals surface area contributed by atoms with Crippen molar-refractivity contribution < 1.29 is 35.3 Å². The molecule has 1 aromatic heterocycles. The van der Waals surface area contributed by atoms with Crippen LogP contribution in [0.1, 0.15) is 30.7 Å². The Kier molecular flexibility index (Phi) is 7.78. The molecule has 0 spiro atoms. The largest absolute Gasteiger partial charge is 0.573 e. The van der Waals surface area contributed by atoms with Gasteiger partial charge in [0, 0.05) is 5.56 Å². The second-order valence-electron chi connectivity index (χ2n) is 6.98. The van der Waals surface area contributed by atoms with Gasteiger partial charge < -0.3 is 10.1 Å². The smallest absolute Gasteiger partial charge is 0.406 e. The summed E-state index contributed by atoms with van der Waals surface area (Å²) in [5.74, 6) is -0.610. The van der Waals surface area contributed by atoms with Crippen LogP contribution >= 0.6 is 0 Å². The third kappa shape index (κ3) is 6.06. The molecule has 0 saturated heterocycles. The minimum atomic E-state index is -4.89. The van der Waals surface area contributed by atoms with E-state index < -0.39 is 35.0 Å². The van der Waals surface area contributed by atoms with Gasteiger partial charge in [0.15, 0.2) is 11.0 Å². The van der Waals surface area contributed by atoms with E-state index in [-0.39, 0.29) is 39.8 Å². The first-order valence-corrected chi connectivity index (χ1v) is 11.5. The van der Waals surface area contributed by atoms with Crippen LogP contribution in [-0.4, -0.2) is 15.6 Å². The number of halogens is 6. The third-order valence-corrected chi connectivity index (χ3v) is 6.09. The maximum absolute atomic E-state index is 13.4. The molecule has 190 valence electrons. The number of nitrogens with one attached hydrogen (secondary N) is 1. The molecular weight excluding hydrogens is 510 g/mol. The van der Waals surface area contributed by atoms with Crippen LogP contribution in [0.2, 0.25) is 0 Å². The fourth-order valence-electron chi connectivity index (χ4n) is 3.20. The Morgan fingerprint density at radius 1 is 1.03 bits per heavy atom. The van der Waals surface area contributed by atoms with E-state index in [9.17, 15) is 35.8 Å². The molecule has 1 aliphatic rings. The summed E-state index contributed by atoms with van der Waals surface area (Å²) in [6.45, 7) is 3.84. The third-order valence-electron chi connectivity index (χ3n) is 4.69. The van der Waals surface area contributed by atoms with Gasteiger partial charge in [-0.15, -0.1) is 13.2 Å². The Labute approximate surface area is 204 Å². The highest BCUT2D eigenvalue weighted by atomic mass is 32.2. The summed E-state index contributed by atoms with van der Waals surface area (Å²) in [4.78, 5) is 3.75. The highest BCUT2D eigenvalue weighted by molar-refractivity contribution is 7.86. The summed E-state index contributed by atoms with van der Waals surface area (Å²) >= 11 is 0. The maximum Gasteiger partial charge on any atom is 0.573 e. The zero-order chi connectivity index (χ0) is 26.7. The quantitative estimate of drug-likeness (QED) is 0.384. The molecule has 1 aliphatic heterocycles. The van der Waals surface area contributed by atoms with E-state index in [2.05, 4.69) is 15.0 Å². The van der Waals surface area contributed by atoms with Crippen molar-refractivity contribution in [2.45, 2.75) is 37.8 Å². The minimum absolute atomic E-state index is 0.103. The van der Waals surface area contributed by atoms with Crippen molar-refractivity contribution in [1.29, 1.82) is 5.26 Å². The number of anilines is 3. The summed E-state index contributed by atoms with van der Waals surface area (Å²) in [7, 11) is -2.02. The van der Waals surface area contributed by atoms with Gasteiger partial charge >= 0.3 is 12.5 Å². The molecule has 2 heterocycles. The molecule has 0 fully saturated rings. The van der Waals surface area contributed by atoms with Crippen molar-refractivity contribution >= 4 is 28.2 Å². The van der Waals surface area contributed by atoms with Crippen LogP contribution in [0.3, 0.4) is 0 Å². The number of hydrogen-bond donors (Lipinski definition) is 1. The number of fused-ring (bicyclic) bond motifs is 2. The lowest BCUT2D eigenvalue weighted by atomic mass is 10.2. The summed E-state index contributed by atoms with van der Waals surface area (Å²) in [6.07, 6.45) is -9.57. The lowest BCUT2D eigenvalue weighted by Crippen LogP contribution is -2.25. The van der Waals surface area contributed by atoms with Gasteiger partial charge in [0.25, 0.3) is 0 Å². The van der Waals surface area contributed by atoms with Crippen molar-refractivity contribution in [3.8, 4) is 11.8 Å². The van der Waals surface area contributed by atoms with Gasteiger partial charge in [-0.1, -0.05) is 19.9 Å². The van der Waals surface area contributed by atoms with Crippen molar-refractivity contribution in [3.63, 3.8) is 0 Å². The molecule has 4 rings (SSSR count). The van der Waals surface area contributed by atoms with Crippen molar-refractivity contribution in [2.24, 2.45) is 0 Å². The average Bonchev–Trinajstić information content (AvgIpc) is 2.99. The van der Waals surface area contributed by atoms with E-state index in [4.69, 9.17) is 0 Å². The Balaban J connectivity index is 0.00000176. The number of rotatable bonds is 3. The SMILES string of the molecule is CC.N#Cc1ccc2c(c1)N(S(=O)c1ccc(OC(F)(F)F)cc1)Cc1ccc(C(F)(F)F)nc1N2. The lowest BCUT2D eigenvalue weighted by Gasteiger charge is -2.23. The van der Waals surface area contributed by atoms with Crippen LogP contribution in [0.15, 0.2) is 59.5 Å². The Morgan fingerprint density at radius 3 is 2.28 bits per heavy atom. The fraction of sp³-hybridized carbons (Fsp3) is 0.217. The van der Waals surface area contributed by atoms with Crippen LogP contribution in [0.5, 0.6) is 5.75 Å². The first-order valence-electron chi connectivity index (χ1n) is 10.4. The summed E-state index contributed by atoms with van der Waals surface area (Å²) in [5.41, 5.74) is -0.155. The first kappa shape index (κ1) is 26.8. The van der Waals surface area contributed by atoms with Crippen LogP contribution in [0.25, 0.3) is 0 Å². The maximum atomic E-state index is 13.4. The molecule has 6 nitrogen and oxygen atoms in total. The molecule has 0 bridgehead atoms. The van der Waals surface area contributed by atoms with E-state index in [1.807, 2.05) is 19.9 Å². The van der Waals surface area contributed by atoms with Gasteiger partial charge in [0.1, 0.15) is 17.3 Å². The second-order valence-corrected chi connectivity index (χ2v) is 8.39. The number of pyridine rings is 1. The number of benzene rings is 2. The normalized spacial score (nSPS) is 13.6. The zero-order valence-electron chi connectivity index (χ0n) is 18.7. The van der Waals surface area contributed by atoms with Crippen LogP contribution in [-0.2, 0) is 23.7 Å². The number of alkyl halides is 6. The van der Waals surface area contributed by atoms with Crippen LogP contribution < -0.4 is 14.4 Å². The lowest BCUT2D eigenvalue weighted by molar-refractivity contribution is -0.274. The predicted octanol–water partition coefficient (Wildman–Crippen LogP) is 6.68. The van der Waals surface area contributed by atoms with Gasteiger partial charge in [0.2, 0.25) is 0 Å². The second kappa shape index (κ2) is 10.4. The molecule has 2 aromatic carbocycles. The highest BCUT2D eigenvalue weighted by Gasteiger charge is 2.34. The molecular formula is C23H18F6N4O2S. The van der Waals surface area contributed by atoms with Gasteiger partial charge in [-0.05, 0) is 48.5 Å². The molecule has 0 aliphatic carbocycles. The van der Waals surface area contributed by atoms with Gasteiger partial charge in [-0.3, -0.25) is 4.31 Å². The monoisotopic (exact) mass is 528 g/mol. The summed E-state index contributed by atoms with van der Waals surface area (Å²) < 4.78 is 95.2. The Hall–Kier alpha value is -3.79. The van der Waals surface area contributed by atoms with E-state index >= 15 is 0 Å². The highest BCUT2D eigenvalue weighted by Crippen LogP contribution is 2.39. The molecule has 13 heteroatoms. The molecule has 0 radical (unpaired) electrons. The fourth-order valence-corrected chi connectivity index (χ4v) is 4.40. The number of nitrogens with zero attached hydrogens (tertiary/aromatic N) is 3. The van der Waals surface area contributed by atoms with Gasteiger partial charge in [-0.2, -0.15) is 18.4 Å². The Bertz CT molecular complexity index is 1300.